The van der Waals surface area contributed by atoms with Crippen LogP contribution in [0.4, 0.5) is 0 Å². The van der Waals surface area contributed by atoms with Crippen LogP contribution in [0.3, 0.4) is 0 Å². The first-order valence-corrected chi connectivity index (χ1v) is 13.0. The normalized spacial score (nSPS) is 12.0. The van der Waals surface area contributed by atoms with Gasteiger partial charge in [0.15, 0.2) is 0 Å². The molecule has 0 saturated heterocycles. The average Bonchev–Trinajstić information content (AvgIpc) is 3.27. The lowest BCUT2D eigenvalue weighted by Crippen LogP contribution is -1.95. The van der Waals surface area contributed by atoms with Crippen LogP contribution in [0.25, 0.3) is 70.6 Å². The lowest BCUT2D eigenvalue weighted by atomic mass is 9.94. The summed E-state index contributed by atoms with van der Waals surface area (Å²) in [7, 11) is 0. The van der Waals surface area contributed by atoms with Gasteiger partial charge in [0.1, 0.15) is 0 Å². The zero-order valence-corrected chi connectivity index (χ0v) is 21.0. The molecule has 0 bridgehead atoms. The highest BCUT2D eigenvalue weighted by Crippen LogP contribution is 2.40. The zero-order valence-electron chi connectivity index (χ0n) is 19.4. The molecule has 0 aliphatic carbocycles. The van der Waals surface area contributed by atoms with E-state index in [9.17, 15) is 0 Å². The van der Waals surface area contributed by atoms with Crippen LogP contribution in [-0.4, -0.2) is 4.57 Å². The van der Waals surface area contributed by atoms with Crippen LogP contribution < -0.4 is 0 Å². The minimum Gasteiger partial charge on any atom is -0.309 e. The molecule has 36 heavy (non-hydrogen) atoms. The predicted molar refractivity (Wildman–Crippen MR) is 159 cm³/mol. The number of hydrogen-bond acceptors (Lipinski definition) is 0. The molecule has 0 fully saturated rings. The van der Waals surface area contributed by atoms with Gasteiger partial charge in [-0.3, -0.25) is 0 Å². The molecule has 0 radical (unpaired) electrons. The molecule has 8 aromatic rings. The molecule has 7 aromatic carbocycles. The predicted octanol–water partition coefficient (Wildman–Crippen LogP) is 10.2. The third-order valence-electron chi connectivity index (χ3n) is 7.60. The van der Waals surface area contributed by atoms with Crippen molar-refractivity contribution in [3.8, 4) is 5.69 Å². The van der Waals surface area contributed by atoms with Crippen molar-refractivity contribution in [1.82, 2.24) is 4.57 Å². The first-order chi connectivity index (χ1) is 17.8. The van der Waals surface area contributed by atoms with E-state index in [-0.39, 0.29) is 0 Å². The first kappa shape index (κ1) is 20.1. The number of rotatable bonds is 1. The highest BCUT2D eigenvalue weighted by atomic mass is 79.9. The van der Waals surface area contributed by atoms with E-state index in [1.165, 1.54) is 70.6 Å². The maximum Gasteiger partial charge on any atom is 0.0619 e. The fourth-order valence-corrected chi connectivity index (χ4v) is 6.42. The molecule has 0 N–H and O–H groups in total. The van der Waals surface area contributed by atoms with Gasteiger partial charge in [0, 0.05) is 26.3 Å². The van der Waals surface area contributed by atoms with Crippen molar-refractivity contribution >= 4 is 80.8 Å². The Labute approximate surface area is 216 Å². The van der Waals surface area contributed by atoms with Crippen LogP contribution in [0.2, 0.25) is 0 Å². The van der Waals surface area contributed by atoms with E-state index in [1.807, 2.05) is 0 Å². The Morgan fingerprint density at radius 2 is 1.00 bits per heavy atom. The summed E-state index contributed by atoms with van der Waals surface area (Å²) in [6, 6.07) is 44.3. The SMILES string of the molecule is Brc1ccc2c(c1)c1ccc3ccccc3c1n2-c1ccc2c3ccccc3c3ccccc3c2c1. The fourth-order valence-electron chi connectivity index (χ4n) is 6.06. The molecule has 1 nitrogen and oxygen atoms in total. The summed E-state index contributed by atoms with van der Waals surface area (Å²) < 4.78 is 3.54. The molecule has 8 rings (SSSR count). The first-order valence-electron chi connectivity index (χ1n) is 12.2. The smallest absolute Gasteiger partial charge is 0.0619 e. The van der Waals surface area contributed by atoms with Gasteiger partial charge in [-0.15, -0.1) is 0 Å². The topological polar surface area (TPSA) is 4.93 Å². The van der Waals surface area contributed by atoms with Crippen molar-refractivity contribution < 1.29 is 0 Å². The molecule has 0 aliphatic heterocycles. The van der Waals surface area contributed by atoms with Gasteiger partial charge in [0.2, 0.25) is 0 Å². The fraction of sp³-hybridized carbons (Fsp3) is 0. The molecule has 2 heteroatoms. The summed E-state index contributed by atoms with van der Waals surface area (Å²) in [5.41, 5.74) is 3.65. The molecular weight excluding hydrogens is 502 g/mol. The van der Waals surface area contributed by atoms with Gasteiger partial charge in [0.25, 0.3) is 0 Å². The van der Waals surface area contributed by atoms with Crippen molar-refractivity contribution in [1.29, 1.82) is 0 Å². The minimum absolute atomic E-state index is 1.10. The maximum absolute atomic E-state index is 3.71. The Balaban J connectivity index is 1.57. The molecule has 0 amide bonds. The van der Waals surface area contributed by atoms with Crippen molar-refractivity contribution in [2.75, 3.05) is 0 Å². The third-order valence-corrected chi connectivity index (χ3v) is 8.09. The Morgan fingerprint density at radius 1 is 0.417 bits per heavy atom. The Hall–Kier alpha value is -4.14. The molecule has 0 aliphatic rings. The number of benzene rings is 7. The number of hydrogen-bond donors (Lipinski definition) is 0. The van der Waals surface area contributed by atoms with E-state index >= 15 is 0 Å². The Kier molecular flexibility index (Phi) is 4.15. The summed E-state index contributed by atoms with van der Waals surface area (Å²) in [4.78, 5) is 0. The monoisotopic (exact) mass is 521 g/mol. The second-order valence-electron chi connectivity index (χ2n) is 9.50. The van der Waals surface area contributed by atoms with E-state index in [0.29, 0.717) is 0 Å². The summed E-state index contributed by atoms with van der Waals surface area (Å²) >= 11 is 3.71. The lowest BCUT2D eigenvalue weighted by Gasteiger charge is -2.14. The summed E-state index contributed by atoms with van der Waals surface area (Å²) in [6.07, 6.45) is 0. The van der Waals surface area contributed by atoms with Crippen LogP contribution in [0.1, 0.15) is 0 Å². The standard InChI is InChI=1S/C34H20BrN/c35-22-14-18-33-32(19-22)30-16-13-21-7-1-2-8-24(21)34(30)36(33)23-15-17-29-27-11-4-3-9-25(27)26-10-5-6-12-28(26)31(29)20-23/h1-20H. The Bertz CT molecular complexity index is 2130. The van der Waals surface area contributed by atoms with Gasteiger partial charge < -0.3 is 4.57 Å². The molecule has 0 unspecified atom stereocenters. The van der Waals surface area contributed by atoms with Crippen molar-refractivity contribution in [2.45, 2.75) is 0 Å². The zero-order chi connectivity index (χ0) is 23.8. The Morgan fingerprint density at radius 3 is 1.72 bits per heavy atom. The molecule has 1 heterocycles. The van der Waals surface area contributed by atoms with Gasteiger partial charge in [-0.2, -0.15) is 0 Å². The van der Waals surface area contributed by atoms with E-state index in [1.54, 1.807) is 0 Å². The van der Waals surface area contributed by atoms with E-state index in [4.69, 9.17) is 0 Å². The molecular formula is C34H20BrN. The maximum atomic E-state index is 3.71. The van der Waals surface area contributed by atoms with Gasteiger partial charge in [-0.1, -0.05) is 107 Å². The molecule has 0 atom stereocenters. The number of halogens is 1. The van der Waals surface area contributed by atoms with Crippen molar-refractivity contribution in [3.63, 3.8) is 0 Å². The largest absolute Gasteiger partial charge is 0.309 e. The van der Waals surface area contributed by atoms with Crippen LogP contribution in [0.15, 0.2) is 126 Å². The van der Waals surface area contributed by atoms with Gasteiger partial charge in [0.05, 0.1) is 11.0 Å². The third kappa shape index (κ3) is 2.71. The summed E-state index contributed by atoms with van der Waals surface area (Å²) in [6.45, 7) is 0. The average molecular weight is 522 g/mol. The molecule has 0 spiro atoms. The number of fused-ring (bicyclic) bond motifs is 11. The van der Waals surface area contributed by atoms with Crippen LogP contribution in [0.5, 0.6) is 0 Å². The van der Waals surface area contributed by atoms with Gasteiger partial charge in [-0.05, 0) is 68.0 Å². The summed E-state index contributed by atoms with van der Waals surface area (Å²) in [5.74, 6) is 0. The lowest BCUT2D eigenvalue weighted by molar-refractivity contribution is 1.19. The number of nitrogens with zero attached hydrogens (tertiary/aromatic N) is 1. The second kappa shape index (κ2) is 7.43. The quantitative estimate of drug-likeness (QED) is 0.189. The highest BCUT2D eigenvalue weighted by Gasteiger charge is 2.16. The summed E-state index contributed by atoms with van der Waals surface area (Å²) in [5, 5.41) is 12.8. The molecule has 168 valence electrons. The van der Waals surface area contributed by atoms with E-state index in [2.05, 4.69) is 142 Å². The van der Waals surface area contributed by atoms with Gasteiger partial charge >= 0.3 is 0 Å². The minimum atomic E-state index is 1.10. The van der Waals surface area contributed by atoms with Gasteiger partial charge in [-0.25, -0.2) is 0 Å². The van der Waals surface area contributed by atoms with Crippen LogP contribution in [-0.2, 0) is 0 Å². The van der Waals surface area contributed by atoms with E-state index in [0.717, 1.165) is 4.47 Å². The molecule has 0 saturated carbocycles. The van der Waals surface area contributed by atoms with Crippen LogP contribution in [0, 0.1) is 0 Å². The highest BCUT2D eigenvalue weighted by molar-refractivity contribution is 9.10. The van der Waals surface area contributed by atoms with Crippen molar-refractivity contribution in [3.05, 3.63) is 126 Å². The molecule has 1 aromatic heterocycles. The number of aromatic nitrogens is 1. The van der Waals surface area contributed by atoms with Crippen molar-refractivity contribution in [2.24, 2.45) is 0 Å². The van der Waals surface area contributed by atoms with E-state index < -0.39 is 0 Å². The second-order valence-corrected chi connectivity index (χ2v) is 10.4. The van der Waals surface area contributed by atoms with Crippen LogP contribution >= 0.6 is 15.9 Å².